The summed E-state index contributed by atoms with van der Waals surface area (Å²) >= 11 is 0. The molecule has 1 aliphatic rings. The number of likely N-dealkylation sites (tertiary alicyclic amines) is 1. The highest BCUT2D eigenvalue weighted by molar-refractivity contribution is 5.89. The smallest absolute Gasteiger partial charge is 0.329 e. The molecule has 5 unspecified atom stereocenters. The number of rotatable bonds is 15. The predicted molar refractivity (Wildman–Crippen MR) is 141 cm³/mol. The molecule has 0 aromatic heterocycles. The van der Waals surface area contributed by atoms with E-state index in [4.69, 9.17) is 15.2 Å². The number of nitrogens with two attached hydrogens (primary N) is 1. The second kappa shape index (κ2) is 14.7. The number of carbonyl (C=O) groups is 4. The molecule has 0 bridgehead atoms. The summed E-state index contributed by atoms with van der Waals surface area (Å²) in [6, 6.07) is 4.24. The van der Waals surface area contributed by atoms with Gasteiger partial charge in [-0.05, 0) is 56.2 Å². The lowest BCUT2D eigenvalue weighted by atomic mass is 10.0. The van der Waals surface area contributed by atoms with Crippen LogP contribution in [0.15, 0.2) is 24.3 Å². The first-order valence-corrected chi connectivity index (χ1v) is 13.0. The molecule has 1 aliphatic heterocycles. The van der Waals surface area contributed by atoms with Gasteiger partial charge in [-0.3, -0.25) is 19.7 Å². The van der Waals surface area contributed by atoms with Crippen molar-refractivity contribution in [2.75, 3.05) is 20.7 Å². The van der Waals surface area contributed by atoms with Gasteiger partial charge >= 0.3 is 5.97 Å². The molecule has 4 N–H and O–H groups in total. The highest BCUT2D eigenvalue weighted by Crippen LogP contribution is 2.21. The van der Waals surface area contributed by atoms with Gasteiger partial charge in [-0.2, -0.15) is 0 Å². The quantitative estimate of drug-likeness (QED) is 0.170. The van der Waals surface area contributed by atoms with E-state index in [-0.39, 0.29) is 12.3 Å². The molecule has 2 rings (SSSR count). The SMILES string of the molecule is COc1ccc(CC(C(=O)OC(C)C(NC(O)CCC(C)C)C(N)=O)N(C)C(=O)C2CCCN2C=O)cc1. The minimum absolute atomic E-state index is 0.136. The second-order valence-corrected chi connectivity index (χ2v) is 10.2. The molecule has 1 aromatic rings. The van der Waals surface area contributed by atoms with E-state index >= 15 is 0 Å². The Labute approximate surface area is 224 Å². The number of methoxy groups -OCH3 is 1. The van der Waals surface area contributed by atoms with Crippen LogP contribution in [-0.4, -0.2) is 90.3 Å². The van der Waals surface area contributed by atoms with Crippen LogP contribution in [0.2, 0.25) is 0 Å². The van der Waals surface area contributed by atoms with Crippen LogP contribution < -0.4 is 15.8 Å². The number of aliphatic hydroxyl groups excluding tert-OH is 1. The highest BCUT2D eigenvalue weighted by atomic mass is 16.5. The van der Waals surface area contributed by atoms with Crippen LogP contribution in [0.5, 0.6) is 5.75 Å². The lowest BCUT2D eigenvalue weighted by Crippen LogP contribution is -2.55. The van der Waals surface area contributed by atoms with Crippen LogP contribution in [0.25, 0.3) is 0 Å². The van der Waals surface area contributed by atoms with Gasteiger partial charge in [0.1, 0.15) is 36.2 Å². The zero-order valence-electron chi connectivity index (χ0n) is 23.0. The predicted octanol–water partition coefficient (Wildman–Crippen LogP) is 0.815. The number of likely N-dealkylation sites (N-methyl/N-ethyl adjacent to an activating group) is 1. The minimum atomic E-state index is -1.14. The van der Waals surface area contributed by atoms with Crippen molar-refractivity contribution in [1.29, 1.82) is 0 Å². The molecule has 0 saturated carbocycles. The summed E-state index contributed by atoms with van der Waals surface area (Å²) in [5, 5.41) is 13.1. The number of nitrogens with zero attached hydrogens (tertiary/aromatic N) is 2. The molecular weight excluding hydrogens is 492 g/mol. The summed E-state index contributed by atoms with van der Waals surface area (Å²) in [5.41, 5.74) is 6.30. The number of hydrogen-bond acceptors (Lipinski definition) is 8. The molecule has 1 saturated heterocycles. The van der Waals surface area contributed by atoms with Crippen molar-refractivity contribution >= 4 is 24.2 Å². The number of amides is 3. The zero-order chi connectivity index (χ0) is 28.4. The number of primary amides is 1. The average molecular weight is 535 g/mol. The summed E-state index contributed by atoms with van der Waals surface area (Å²) < 4.78 is 10.8. The second-order valence-electron chi connectivity index (χ2n) is 10.2. The molecule has 1 aromatic carbocycles. The molecule has 5 atom stereocenters. The highest BCUT2D eigenvalue weighted by Gasteiger charge is 2.38. The van der Waals surface area contributed by atoms with E-state index in [1.807, 2.05) is 13.8 Å². The van der Waals surface area contributed by atoms with E-state index < -0.39 is 42.3 Å². The van der Waals surface area contributed by atoms with Crippen LogP contribution in [-0.2, 0) is 30.3 Å². The maximum absolute atomic E-state index is 13.5. The molecule has 212 valence electrons. The van der Waals surface area contributed by atoms with Crippen molar-refractivity contribution < 1.29 is 33.8 Å². The number of aliphatic hydroxyl groups is 1. The zero-order valence-corrected chi connectivity index (χ0v) is 23.0. The monoisotopic (exact) mass is 534 g/mol. The van der Waals surface area contributed by atoms with E-state index in [9.17, 15) is 24.3 Å². The Bertz CT molecular complexity index is 940. The van der Waals surface area contributed by atoms with Crippen molar-refractivity contribution in [3.05, 3.63) is 29.8 Å². The molecule has 0 aliphatic carbocycles. The summed E-state index contributed by atoms with van der Waals surface area (Å²) in [5.74, 6) is -0.881. The normalized spacial score (nSPS) is 18.4. The third-order valence-corrected chi connectivity index (χ3v) is 6.86. The summed E-state index contributed by atoms with van der Waals surface area (Å²) in [6.45, 7) is 6.02. The van der Waals surface area contributed by atoms with Crippen molar-refractivity contribution in [3.8, 4) is 5.75 Å². The molecule has 1 fully saturated rings. The van der Waals surface area contributed by atoms with Gasteiger partial charge in [0.05, 0.1) is 7.11 Å². The molecule has 11 heteroatoms. The summed E-state index contributed by atoms with van der Waals surface area (Å²) in [4.78, 5) is 53.1. The van der Waals surface area contributed by atoms with Gasteiger partial charge in [-0.1, -0.05) is 26.0 Å². The van der Waals surface area contributed by atoms with Crippen LogP contribution in [0.1, 0.15) is 52.0 Å². The first-order chi connectivity index (χ1) is 18.0. The maximum atomic E-state index is 13.5. The Kier molecular flexibility index (Phi) is 12.0. The van der Waals surface area contributed by atoms with Gasteiger partial charge in [0.2, 0.25) is 18.2 Å². The van der Waals surface area contributed by atoms with Crippen LogP contribution in [0.4, 0.5) is 0 Å². The summed E-state index contributed by atoms with van der Waals surface area (Å²) in [6.07, 6.45) is 1.08. The number of nitrogens with one attached hydrogen (secondary N) is 1. The molecule has 0 radical (unpaired) electrons. The number of esters is 1. The van der Waals surface area contributed by atoms with E-state index in [2.05, 4.69) is 5.32 Å². The fraction of sp³-hybridized carbons (Fsp3) is 0.630. The van der Waals surface area contributed by atoms with Gasteiger partial charge < -0.3 is 30.1 Å². The molecule has 3 amide bonds. The van der Waals surface area contributed by atoms with Crippen LogP contribution >= 0.6 is 0 Å². The van der Waals surface area contributed by atoms with Crippen LogP contribution in [0.3, 0.4) is 0 Å². The molecule has 0 spiro atoms. The fourth-order valence-corrected chi connectivity index (χ4v) is 4.49. The van der Waals surface area contributed by atoms with E-state index in [0.29, 0.717) is 43.9 Å². The maximum Gasteiger partial charge on any atom is 0.329 e. The topological polar surface area (TPSA) is 152 Å². The van der Waals surface area contributed by atoms with Crippen molar-refractivity contribution in [1.82, 2.24) is 15.1 Å². The largest absolute Gasteiger partial charge is 0.497 e. The van der Waals surface area contributed by atoms with Crippen LogP contribution in [0, 0.1) is 5.92 Å². The number of ether oxygens (including phenoxy) is 2. The van der Waals surface area contributed by atoms with Gasteiger partial charge in [-0.15, -0.1) is 0 Å². The lowest BCUT2D eigenvalue weighted by molar-refractivity contribution is -0.161. The number of hydrogen-bond donors (Lipinski definition) is 3. The van der Waals surface area contributed by atoms with Gasteiger partial charge in [0.15, 0.2) is 0 Å². The van der Waals surface area contributed by atoms with E-state index in [1.54, 1.807) is 31.4 Å². The Morgan fingerprint density at radius 1 is 1.21 bits per heavy atom. The van der Waals surface area contributed by atoms with Gasteiger partial charge in [0, 0.05) is 20.0 Å². The van der Waals surface area contributed by atoms with E-state index in [1.165, 1.54) is 23.8 Å². The van der Waals surface area contributed by atoms with Gasteiger partial charge in [-0.25, -0.2) is 4.79 Å². The van der Waals surface area contributed by atoms with E-state index in [0.717, 1.165) is 12.0 Å². The number of carbonyl (C=O) groups excluding carboxylic acids is 4. The fourth-order valence-electron chi connectivity index (χ4n) is 4.49. The molecule has 11 nitrogen and oxygen atoms in total. The summed E-state index contributed by atoms with van der Waals surface area (Å²) in [7, 11) is 3.05. The standard InChI is InChI=1S/C27H42N4O7/c1-17(2)8-13-23(33)29-24(25(28)34)18(3)38-27(36)22(15-19-9-11-20(37-5)12-10-19)30(4)26(35)21-7-6-14-31(21)16-32/h9-12,16-18,21-24,29,33H,6-8,13-15H2,1-5H3,(H2,28,34). The Morgan fingerprint density at radius 2 is 1.87 bits per heavy atom. The third kappa shape index (κ3) is 8.70. The average Bonchev–Trinajstić information content (AvgIpc) is 3.37. The minimum Gasteiger partial charge on any atom is -0.497 e. The lowest BCUT2D eigenvalue weighted by Gasteiger charge is -2.32. The first-order valence-electron chi connectivity index (χ1n) is 13.0. The number of benzene rings is 1. The van der Waals surface area contributed by atoms with Crippen molar-refractivity contribution in [2.45, 2.75) is 83.3 Å². The Hall–Kier alpha value is -3.18. The Morgan fingerprint density at radius 3 is 2.42 bits per heavy atom. The first kappa shape index (κ1) is 31.0. The third-order valence-electron chi connectivity index (χ3n) is 6.86. The van der Waals surface area contributed by atoms with Gasteiger partial charge in [0.25, 0.3) is 0 Å². The van der Waals surface area contributed by atoms with Crippen molar-refractivity contribution in [2.24, 2.45) is 11.7 Å². The molecule has 38 heavy (non-hydrogen) atoms. The molecular formula is C27H42N4O7. The Balaban J connectivity index is 2.22. The molecule has 1 heterocycles. The van der Waals surface area contributed by atoms with Crippen molar-refractivity contribution in [3.63, 3.8) is 0 Å².